The summed E-state index contributed by atoms with van der Waals surface area (Å²) in [5.74, 6) is -0.814. The van der Waals surface area contributed by atoms with Crippen molar-refractivity contribution in [1.82, 2.24) is 5.48 Å². The van der Waals surface area contributed by atoms with E-state index < -0.39 is 55.1 Å². The fourth-order valence-corrected chi connectivity index (χ4v) is 5.41. The molecular formula is C37H33N5O10. The second kappa shape index (κ2) is 15.4. The molecule has 0 radical (unpaired) electrons. The van der Waals surface area contributed by atoms with E-state index in [-0.39, 0.29) is 0 Å². The third kappa shape index (κ3) is 8.34. The molecule has 0 aliphatic carbocycles. The van der Waals surface area contributed by atoms with Gasteiger partial charge in [-0.25, -0.2) is 29.0 Å². The van der Waals surface area contributed by atoms with Crippen LogP contribution in [-0.2, 0) is 41.5 Å². The zero-order valence-electron chi connectivity index (χ0n) is 28.0. The van der Waals surface area contributed by atoms with Crippen LogP contribution in [-0.4, -0.2) is 55.1 Å². The molecule has 0 spiro atoms. The minimum atomic E-state index is -0.816. The third-order valence-corrected chi connectivity index (χ3v) is 8.09. The smallest absolute Gasteiger partial charge is 0.430 e. The van der Waals surface area contributed by atoms with Crippen LogP contribution in [0.25, 0.3) is 0 Å². The van der Waals surface area contributed by atoms with Crippen molar-refractivity contribution in [3.8, 4) is 0 Å². The maximum Gasteiger partial charge on any atom is 0.430 e. The second-order valence-corrected chi connectivity index (χ2v) is 11.8. The Labute approximate surface area is 297 Å². The summed E-state index contributed by atoms with van der Waals surface area (Å²) in [5.41, 5.74) is 7.93. The number of rotatable bonds is 11. The van der Waals surface area contributed by atoms with Gasteiger partial charge in [-0.1, -0.05) is 48.5 Å². The standard InChI is InChI=1S/C37H33N5O10/c1-22-32(43)41(36(47)50-22)30-15-7-26(8-16-30)19-24-3-11-28(12-4-24)39-34(45)49-21-38-52-35(46)40-29-13-5-25(6-14-29)20-27-9-17-31(18-10-27)42-33(44)23(2)51-37(42)48/h3-18,22-23,38H,19-21H2,1-2H3,(H,39,45)(H,40,46). The third-order valence-electron chi connectivity index (χ3n) is 8.09. The van der Waals surface area contributed by atoms with Crippen LogP contribution in [0.4, 0.5) is 41.9 Å². The van der Waals surface area contributed by atoms with E-state index in [1.165, 1.54) is 13.8 Å². The maximum absolute atomic E-state index is 12.2. The number of nitrogens with one attached hydrogen (secondary N) is 3. The highest BCUT2D eigenvalue weighted by molar-refractivity contribution is 6.18. The zero-order chi connectivity index (χ0) is 36.8. The van der Waals surface area contributed by atoms with Crippen LogP contribution in [0, 0.1) is 0 Å². The number of carbonyl (C=O) groups excluding carboxylic acids is 6. The molecule has 4 aromatic rings. The van der Waals surface area contributed by atoms with Crippen molar-refractivity contribution in [2.45, 2.75) is 38.9 Å². The molecule has 6 rings (SSSR count). The van der Waals surface area contributed by atoms with E-state index in [9.17, 15) is 28.8 Å². The fraction of sp³-hybridized carbons (Fsp3) is 0.189. The number of benzene rings is 4. The number of imide groups is 2. The Morgan fingerprint density at radius 1 is 0.577 bits per heavy atom. The lowest BCUT2D eigenvalue weighted by Crippen LogP contribution is -2.30. The van der Waals surface area contributed by atoms with Gasteiger partial charge in [0.15, 0.2) is 18.9 Å². The van der Waals surface area contributed by atoms with Crippen molar-refractivity contribution in [3.63, 3.8) is 0 Å². The molecule has 0 bridgehead atoms. The van der Waals surface area contributed by atoms with E-state index in [0.717, 1.165) is 32.1 Å². The molecule has 2 unspecified atom stereocenters. The van der Waals surface area contributed by atoms with Crippen molar-refractivity contribution in [2.75, 3.05) is 27.2 Å². The molecule has 2 fully saturated rings. The Bertz CT molecular complexity index is 1840. The van der Waals surface area contributed by atoms with E-state index in [1.54, 1.807) is 48.5 Å². The first-order valence-corrected chi connectivity index (χ1v) is 16.1. The van der Waals surface area contributed by atoms with E-state index in [1.807, 2.05) is 48.5 Å². The maximum atomic E-state index is 12.2. The van der Waals surface area contributed by atoms with Crippen LogP contribution in [0.5, 0.6) is 0 Å². The van der Waals surface area contributed by atoms with Crippen molar-refractivity contribution in [1.29, 1.82) is 0 Å². The monoisotopic (exact) mass is 707 g/mol. The van der Waals surface area contributed by atoms with Gasteiger partial charge in [-0.05, 0) is 97.5 Å². The summed E-state index contributed by atoms with van der Waals surface area (Å²) < 4.78 is 14.9. The van der Waals surface area contributed by atoms with Gasteiger partial charge in [0.1, 0.15) is 0 Å². The lowest BCUT2D eigenvalue weighted by molar-refractivity contribution is -0.121. The molecule has 2 aliphatic heterocycles. The van der Waals surface area contributed by atoms with Crippen LogP contribution < -0.4 is 25.9 Å². The minimum absolute atomic E-state index is 0.406. The van der Waals surface area contributed by atoms with Gasteiger partial charge in [0.2, 0.25) is 0 Å². The normalized spacial score (nSPS) is 16.7. The Hall–Kier alpha value is -6.74. The molecule has 0 aromatic heterocycles. The first-order valence-electron chi connectivity index (χ1n) is 16.1. The van der Waals surface area contributed by atoms with Gasteiger partial charge in [0.05, 0.1) is 11.4 Å². The topological polar surface area (TPSA) is 182 Å². The lowest BCUT2D eigenvalue weighted by Gasteiger charge is -2.12. The molecule has 266 valence electrons. The second-order valence-electron chi connectivity index (χ2n) is 11.8. The van der Waals surface area contributed by atoms with Gasteiger partial charge in [0, 0.05) is 11.4 Å². The van der Waals surface area contributed by atoms with Gasteiger partial charge in [-0.3, -0.25) is 20.2 Å². The average Bonchev–Trinajstić information content (AvgIpc) is 3.54. The molecule has 2 saturated heterocycles. The van der Waals surface area contributed by atoms with Gasteiger partial charge < -0.3 is 19.0 Å². The number of anilines is 4. The number of hydrogen-bond acceptors (Lipinski definition) is 11. The Balaban J connectivity index is 0.875. The summed E-state index contributed by atoms with van der Waals surface area (Å²) in [7, 11) is 0. The molecule has 15 heteroatoms. The lowest BCUT2D eigenvalue weighted by atomic mass is 10.0. The predicted molar refractivity (Wildman–Crippen MR) is 186 cm³/mol. The quantitative estimate of drug-likeness (QED) is 0.0734. The van der Waals surface area contributed by atoms with Crippen molar-refractivity contribution >= 4 is 58.9 Å². The number of nitrogens with zero attached hydrogens (tertiary/aromatic N) is 2. The Morgan fingerprint density at radius 3 is 1.31 bits per heavy atom. The number of carbonyl (C=O) groups is 6. The number of hydrogen-bond donors (Lipinski definition) is 3. The summed E-state index contributed by atoms with van der Waals surface area (Å²) in [6, 6.07) is 28.2. The van der Waals surface area contributed by atoms with Crippen LogP contribution in [0.3, 0.4) is 0 Å². The highest BCUT2D eigenvalue weighted by Gasteiger charge is 2.39. The summed E-state index contributed by atoms with van der Waals surface area (Å²) in [5, 5.41) is 5.14. The average molecular weight is 708 g/mol. The number of cyclic esters (lactones) is 2. The highest BCUT2D eigenvalue weighted by atomic mass is 16.7. The van der Waals surface area contributed by atoms with E-state index in [2.05, 4.69) is 16.1 Å². The van der Waals surface area contributed by atoms with Crippen molar-refractivity contribution in [3.05, 3.63) is 119 Å². The first-order chi connectivity index (χ1) is 25.0. The molecule has 3 N–H and O–H groups in total. The van der Waals surface area contributed by atoms with Gasteiger partial charge in [-0.15, -0.1) is 5.48 Å². The molecule has 6 amide bonds. The molecule has 52 heavy (non-hydrogen) atoms. The van der Waals surface area contributed by atoms with E-state index in [0.29, 0.717) is 35.6 Å². The number of ether oxygens (including phenoxy) is 3. The molecule has 2 aliphatic rings. The summed E-state index contributed by atoms with van der Waals surface area (Å²) in [4.78, 5) is 79.4. The molecular weight excluding hydrogens is 674 g/mol. The number of amides is 6. The van der Waals surface area contributed by atoms with Crippen LogP contribution in [0.15, 0.2) is 97.1 Å². The Morgan fingerprint density at radius 2 is 0.942 bits per heavy atom. The predicted octanol–water partition coefficient (Wildman–Crippen LogP) is 5.87. The molecule has 2 atom stereocenters. The van der Waals surface area contributed by atoms with Gasteiger partial charge in [-0.2, -0.15) is 0 Å². The molecule has 15 nitrogen and oxygen atoms in total. The fourth-order valence-electron chi connectivity index (χ4n) is 5.41. The number of hydroxylamine groups is 1. The molecule has 0 saturated carbocycles. The van der Waals surface area contributed by atoms with Crippen molar-refractivity contribution in [2.24, 2.45) is 0 Å². The van der Waals surface area contributed by atoms with Crippen LogP contribution in [0.1, 0.15) is 36.1 Å². The molecule has 4 aromatic carbocycles. The first kappa shape index (κ1) is 35.1. The summed E-state index contributed by atoms with van der Waals surface area (Å²) in [6.45, 7) is 2.65. The molecule has 2 heterocycles. The SMILES string of the molecule is CC1OC(=O)N(c2ccc(Cc3ccc(NC(=O)OCNOC(=O)Nc4ccc(Cc5ccc(N6C(=O)OC(C)C6=O)cc5)cc4)cc3)cc2)C1=O. The zero-order valence-corrected chi connectivity index (χ0v) is 28.0. The Kier molecular flexibility index (Phi) is 10.4. The summed E-state index contributed by atoms with van der Waals surface area (Å²) >= 11 is 0. The van der Waals surface area contributed by atoms with E-state index >= 15 is 0 Å². The van der Waals surface area contributed by atoms with Crippen molar-refractivity contribution < 1.29 is 47.8 Å². The minimum Gasteiger partial charge on any atom is -0.436 e. The van der Waals surface area contributed by atoms with E-state index in [4.69, 9.17) is 19.0 Å². The van der Waals surface area contributed by atoms with Crippen LogP contribution >= 0.6 is 0 Å². The highest BCUT2D eigenvalue weighted by Crippen LogP contribution is 2.26. The van der Waals surface area contributed by atoms with Crippen LogP contribution in [0.2, 0.25) is 0 Å². The van der Waals surface area contributed by atoms with Gasteiger partial charge in [0.25, 0.3) is 11.8 Å². The summed E-state index contributed by atoms with van der Waals surface area (Å²) in [6.07, 6.45) is -3.43. The van der Waals surface area contributed by atoms with Gasteiger partial charge >= 0.3 is 24.4 Å². The largest absolute Gasteiger partial charge is 0.436 e.